The van der Waals surface area contributed by atoms with Crippen molar-refractivity contribution in [3.63, 3.8) is 0 Å². The first-order chi connectivity index (χ1) is 16.8. The van der Waals surface area contributed by atoms with Crippen molar-refractivity contribution >= 4 is 17.7 Å². The van der Waals surface area contributed by atoms with Crippen molar-refractivity contribution < 1.29 is 14.6 Å². The van der Waals surface area contributed by atoms with Crippen LogP contribution < -0.4 is 11.4 Å². The Kier molecular flexibility index (Phi) is 5.69. The van der Waals surface area contributed by atoms with Gasteiger partial charge in [-0.1, -0.05) is 30.3 Å². The van der Waals surface area contributed by atoms with Crippen molar-refractivity contribution in [3.05, 3.63) is 64.3 Å². The van der Waals surface area contributed by atoms with Crippen LogP contribution in [0.4, 0.5) is 10.7 Å². The Hall–Kier alpha value is -4.25. The van der Waals surface area contributed by atoms with Crippen LogP contribution in [0, 0.1) is 13.8 Å². The first kappa shape index (κ1) is 22.5. The summed E-state index contributed by atoms with van der Waals surface area (Å²) in [6, 6.07) is 13.4. The number of nitrogens with two attached hydrogens (primary N) is 1. The molecule has 3 N–H and O–H groups in total. The fourth-order valence-corrected chi connectivity index (χ4v) is 4.47. The van der Waals surface area contributed by atoms with E-state index < -0.39 is 17.9 Å². The van der Waals surface area contributed by atoms with E-state index in [1.807, 2.05) is 56.3 Å². The lowest BCUT2D eigenvalue weighted by molar-refractivity contribution is -0.0311. The molecule has 1 saturated heterocycles. The number of ether oxygens (including phenoxy) is 1. The molecular formula is C24H25N7O4. The zero-order valence-corrected chi connectivity index (χ0v) is 19.4. The number of rotatable bonds is 4. The number of aryl methyl sites for hydroxylation is 2. The highest BCUT2D eigenvalue weighted by atomic mass is 16.5. The van der Waals surface area contributed by atoms with E-state index in [9.17, 15) is 14.7 Å². The van der Waals surface area contributed by atoms with Crippen LogP contribution in [-0.2, 0) is 11.3 Å². The largest absolute Gasteiger partial charge is 0.465 e. The average Bonchev–Trinajstić information content (AvgIpc) is 3.15. The molecule has 1 aliphatic rings. The van der Waals surface area contributed by atoms with Gasteiger partial charge in [0.15, 0.2) is 5.65 Å². The molecule has 1 fully saturated rings. The first-order valence-corrected chi connectivity index (χ1v) is 11.2. The summed E-state index contributed by atoms with van der Waals surface area (Å²) >= 11 is 0. The molecule has 1 atom stereocenters. The molecule has 1 amide bonds. The third-order valence-electron chi connectivity index (χ3n) is 5.96. The number of benzene rings is 1. The third kappa shape index (κ3) is 4.21. The molecule has 0 spiro atoms. The normalized spacial score (nSPS) is 16.1. The minimum atomic E-state index is -1.02. The Labute approximate surface area is 200 Å². The Morgan fingerprint density at radius 3 is 2.54 bits per heavy atom. The van der Waals surface area contributed by atoms with E-state index in [-0.39, 0.29) is 32.2 Å². The van der Waals surface area contributed by atoms with Crippen LogP contribution in [0.1, 0.15) is 11.4 Å². The van der Waals surface area contributed by atoms with Gasteiger partial charge < -0.3 is 20.5 Å². The Morgan fingerprint density at radius 1 is 1.14 bits per heavy atom. The van der Waals surface area contributed by atoms with Gasteiger partial charge in [-0.25, -0.2) is 23.7 Å². The molecule has 0 bridgehead atoms. The lowest BCUT2D eigenvalue weighted by Gasteiger charge is -2.30. The van der Waals surface area contributed by atoms with E-state index in [0.29, 0.717) is 16.9 Å². The fourth-order valence-electron chi connectivity index (χ4n) is 4.47. The smallest absolute Gasteiger partial charge is 0.407 e. The summed E-state index contributed by atoms with van der Waals surface area (Å²) in [6.07, 6.45) is -1.54. The van der Waals surface area contributed by atoms with E-state index in [1.165, 1.54) is 14.0 Å². The molecule has 5 rings (SSSR count). The summed E-state index contributed by atoms with van der Waals surface area (Å²) in [5.74, 6) is 0.0121. The van der Waals surface area contributed by atoms with Crippen molar-refractivity contribution in [1.82, 2.24) is 29.0 Å². The van der Waals surface area contributed by atoms with Crippen molar-refractivity contribution in [2.75, 3.05) is 25.4 Å². The molecule has 35 heavy (non-hydrogen) atoms. The zero-order valence-electron chi connectivity index (χ0n) is 19.4. The first-order valence-electron chi connectivity index (χ1n) is 11.2. The van der Waals surface area contributed by atoms with Gasteiger partial charge in [0.2, 0.25) is 5.95 Å². The predicted octanol–water partition coefficient (Wildman–Crippen LogP) is 2.20. The molecule has 4 heterocycles. The van der Waals surface area contributed by atoms with Crippen LogP contribution in [0.15, 0.2) is 47.3 Å². The number of nitrogens with zero attached hydrogens (tertiary/aromatic N) is 6. The SMILES string of the molecule is Cc1cc(-c2c(-c3ccccc3)nc(N)n3c(=O)n(CC4CN(C(=O)O)CCO4)nc23)cc(C)n1. The number of nitrogen functional groups attached to an aromatic ring is 1. The number of aromatic nitrogens is 5. The van der Waals surface area contributed by atoms with Crippen LogP contribution >= 0.6 is 0 Å². The summed E-state index contributed by atoms with van der Waals surface area (Å²) in [5, 5.41) is 14.0. The Morgan fingerprint density at radius 2 is 1.86 bits per heavy atom. The number of carbonyl (C=O) groups is 1. The molecule has 11 nitrogen and oxygen atoms in total. The fraction of sp³-hybridized carbons (Fsp3) is 0.292. The van der Waals surface area contributed by atoms with E-state index in [0.717, 1.165) is 22.5 Å². The second-order valence-electron chi connectivity index (χ2n) is 8.54. The number of morpholine rings is 1. The maximum absolute atomic E-state index is 13.3. The molecule has 0 radical (unpaired) electrons. The molecular weight excluding hydrogens is 450 g/mol. The van der Waals surface area contributed by atoms with Crippen molar-refractivity contribution in [3.8, 4) is 22.4 Å². The van der Waals surface area contributed by atoms with E-state index >= 15 is 0 Å². The van der Waals surface area contributed by atoms with Gasteiger partial charge in [-0.05, 0) is 31.5 Å². The quantitative estimate of drug-likeness (QED) is 0.458. The summed E-state index contributed by atoms with van der Waals surface area (Å²) in [6.45, 7) is 4.57. The van der Waals surface area contributed by atoms with Gasteiger partial charge >= 0.3 is 11.8 Å². The van der Waals surface area contributed by atoms with E-state index in [1.54, 1.807) is 0 Å². The van der Waals surface area contributed by atoms with Crippen molar-refractivity contribution in [1.29, 1.82) is 0 Å². The number of hydrogen-bond donors (Lipinski definition) is 2. The van der Waals surface area contributed by atoms with Crippen LogP contribution in [-0.4, -0.2) is 66.0 Å². The van der Waals surface area contributed by atoms with E-state index in [4.69, 9.17) is 10.5 Å². The summed E-state index contributed by atoms with van der Waals surface area (Å²) in [5.41, 5.74) is 10.7. The molecule has 1 aromatic carbocycles. The molecule has 1 unspecified atom stereocenters. The van der Waals surface area contributed by atoms with Crippen LogP contribution in [0.3, 0.4) is 0 Å². The number of amides is 1. The Balaban J connectivity index is 1.70. The molecule has 3 aromatic heterocycles. The number of pyridine rings is 1. The zero-order chi connectivity index (χ0) is 24.7. The van der Waals surface area contributed by atoms with Crippen LogP contribution in [0.2, 0.25) is 0 Å². The summed E-state index contributed by atoms with van der Waals surface area (Å²) < 4.78 is 8.26. The van der Waals surface area contributed by atoms with Gasteiger partial charge in [-0.3, -0.25) is 4.98 Å². The van der Waals surface area contributed by atoms with Gasteiger partial charge in [0, 0.05) is 23.5 Å². The van der Waals surface area contributed by atoms with Crippen molar-refractivity contribution in [2.45, 2.75) is 26.5 Å². The van der Waals surface area contributed by atoms with Crippen LogP contribution in [0.25, 0.3) is 28.0 Å². The number of anilines is 1. The minimum Gasteiger partial charge on any atom is -0.465 e. The lowest BCUT2D eigenvalue weighted by atomic mass is 9.99. The van der Waals surface area contributed by atoms with E-state index in [2.05, 4.69) is 15.1 Å². The number of fused-ring (bicyclic) bond motifs is 1. The summed E-state index contributed by atoms with van der Waals surface area (Å²) in [7, 11) is 0. The van der Waals surface area contributed by atoms with Crippen LogP contribution in [0.5, 0.6) is 0 Å². The second-order valence-corrected chi connectivity index (χ2v) is 8.54. The third-order valence-corrected chi connectivity index (χ3v) is 5.96. The molecule has 4 aromatic rings. The topological polar surface area (TPSA) is 141 Å². The monoisotopic (exact) mass is 475 g/mol. The standard InChI is InChI=1S/C24H25N7O4/c1-14-10-17(11-15(2)26-14)19-20(16-6-4-3-5-7-16)27-22(25)31-21(19)28-30(23(31)32)13-18-12-29(24(33)34)8-9-35-18/h3-7,10-11,18H,8-9,12-13H2,1-2H3,(H2,25,27)(H,33,34). The lowest BCUT2D eigenvalue weighted by Crippen LogP contribution is -2.47. The minimum absolute atomic E-state index is 0.0121. The highest BCUT2D eigenvalue weighted by Gasteiger charge is 2.27. The average molecular weight is 476 g/mol. The summed E-state index contributed by atoms with van der Waals surface area (Å²) in [4.78, 5) is 35.1. The molecule has 11 heteroatoms. The van der Waals surface area contributed by atoms with Gasteiger partial charge in [0.05, 0.1) is 37.1 Å². The van der Waals surface area contributed by atoms with Crippen molar-refractivity contribution in [2.24, 2.45) is 0 Å². The molecule has 0 saturated carbocycles. The van der Waals surface area contributed by atoms with Gasteiger partial charge in [0.1, 0.15) is 0 Å². The van der Waals surface area contributed by atoms with Gasteiger partial charge in [-0.2, -0.15) is 0 Å². The highest BCUT2D eigenvalue weighted by Crippen LogP contribution is 2.34. The second kappa shape index (κ2) is 8.84. The van der Waals surface area contributed by atoms with Gasteiger partial charge in [0.25, 0.3) is 0 Å². The maximum Gasteiger partial charge on any atom is 0.407 e. The van der Waals surface area contributed by atoms with Gasteiger partial charge in [-0.15, -0.1) is 5.10 Å². The maximum atomic E-state index is 13.3. The molecule has 0 aliphatic carbocycles. The number of hydrogen-bond acceptors (Lipinski definition) is 7. The molecule has 180 valence electrons. The molecule has 1 aliphatic heterocycles. The predicted molar refractivity (Wildman–Crippen MR) is 129 cm³/mol. The number of carboxylic acid groups (broad SMARTS) is 1. The Bertz CT molecular complexity index is 1460. The highest BCUT2D eigenvalue weighted by molar-refractivity contribution is 5.90.